The average molecular weight is 426 g/mol. The van der Waals surface area contributed by atoms with Crippen molar-refractivity contribution in [2.75, 3.05) is 20.8 Å². The van der Waals surface area contributed by atoms with Crippen LogP contribution in [0, 0.1) is 12.7 Å². The van der Waals surface area contributed by atoms with Gasteiger partial charge in [0, 0.05) is 23.5 Å². The van der Waals surface area contributed by atoms with E-state index in [4.69, 9.17) is 14.2 Å². The number of fused-ring (bicyclic) bond motifs is 1. The molecule has 0 bridgehead atoms. The molecule has 0 aromatic heterocycles. The third-order valence-corrected chi connectivity index (χ3v) is 5.75. The van der Waals surface area contributed by atoms with Gasteiger partial charge in [0.1, 0.15) is 11.5 Å². The molecule has 4 rings (SSSR count). The Morgan fingerprint density at radius 2 is 1.58 bits per heavy atom. The Kier molecular flexibility index (Phi) is 5.27. The van der Waals surface area contributed by atoms with Crippen LogP contribution in [0.5, 0.6) is 34.5 Å². The van der Waals surface area contributed by atoms with E-state index in [1.165, 1.54) is 26.4 Å². The van der Waals surface area contributed by atoms with Gasteiger partial charge >= 0.3 is 0 Å². The smallest absolute Gasteiger partial charge is 0.200 e. The van der Waals surface area contributed by atoms with Crippen LogP contribution >= 0.6 is 0 Å². The number of benzene rings is 3. The van der Waals surface area contributed by atoms with Gasteiger partial charge in [-0.15, -0.1) is 0 Å². The fraction of sp³-hybridized carbons (Fsp3) is 0.250. The van der Waals surface area contributed by atoms with Crippen molar-refractivity contribution < 1.29 is 33.9 Å². The lowest BCUT2D eigenvalue weighted by Crippen LogP contribution is -2.25. The highest BCUT2D eigenvalue weighted by Crippen LogP contribution is 2.50. The maximum atomic E-state index is 14.3. The van der Waals surface area contributed by atoms with Crippen molar-refractivity contribution in [1.82, 2.24) is 0 Å². The van der Waals surface area contributed by atoms with Gasteiger partial charge in [-0.25, -0.2) is 4.39 Å². The number of phenolic OH excluding ortho intramolecular Hbond substituents is 3. The molecule has 0 fully saturated rings. The van der Waals surface area contributed by atoms with Gasteiger partial charge < -0.3 is 29.5 Å². The van der Waals surface area contributed by atoms with Crippen molar-refractivity contribution in [2.45, 2.75) is 18.8 Å². The number of halogens is 1. The molecule has 0 amide bonds. The highest BCUT2D eigenvalue weighted by molar-refractivity contribution is 5.57. The maximum absolute atomic E-state index is 14.3. The third-order valence-electron chi connectivity index (χ3n) is 5.75. The quantitative estimate of drug-likeness (QED) is 0.566. The first-order valence-electron chi connectivity index (χ1n) is 9.73. The van der Waals surface area contributed by atoms with E-state index in [1.54, 1.807) is 31.2 Å². The van der Waals surface area contributed by atoms with E-state index < -0.39 is 11.6 Å². The molecule has 3 aromatic rings. The minimum atomic E-state index is -0.722. The molecular weight excluding hydrogens is 403 g/mol. The SMILES string of the molecule is COc1cc(C2COc3cc(O)c(C)cc3C2c2ccc(O)c(F)c2)cc(OC)c1O. The Morgan fingerprint density at radius 3 is 2.19 bits per heavy atom. The predicted molar refractivity (Wildman–Crippen MR) is 112 cm³/mol. The molecule has 31 heavy (non-hydrogen) atoms. The molecule has 7 heteroatoms. The van der Waals surface area contributed by atoms with E-state index in [9.17, 15) is 19.7 Å². The van der Waals surface area contributed by atoms with Gasteiger partial charge in [0.15, 0.2) is 23.1 Å². The van der Waals surface area contributed by atoms with Crippen LogP contribution in [0.15, 0.2) is 42.5 Å². The lowest BCUT2D eigenvalue weighted by atomic mass is 9.75. The van der Waals surface area contributed by atoms with Crippen LogP contribution < -0.4 is 14.2 Å². The van der Waals surface area contributed by atoms with Crippen LogP contribution in [-0.4, -0.2) is 36.1 Å². The Morgan fingerprint density at radius 1 is 0.903 bits per heavy atom. The Bertz CT molecular complexity index is 1120. The zero-order valence-corrected chi connectivity index (χ0v) is 17.3. The van der Waals surface area contributed by atoms with Gasteiger partial charge in [0.2, 0.25) is 5.75 Å². The second-order valence-corrected chi connectivity index (χ2v) is 7.56. The molecule has 1 heterocycles. The zero-order chi connectivity index (χ0) is 22.3. The molecule has 6 nitrogen and oxygen atoms in total. The maximum Gasteiger partial charge on any atom is 0.200 e. The van der Waals surface area contributed by atoms with Gasteiger partial charge in [0.05, 0.1) is 20.8 Å². The van der Waals surface area contributed by atoms with Gasteiger partial charge in [-0.05, 0) is 53.9 Å². The number of aromatic hydroxyl groups is 3. The summed E-state index contributed by atoms with van der Waals surface area (Å²) in [5.41, 5.74) is 2.85. The molecule has 1 aliphatic heterocycles. The Hall–Kier alpha value is -3.61. The van der Waals surface area contributed by atoms with Crippen molar-refractivity contribution in [3.05, 3.63) is 70.5 Å². The van der Waals surface area contributed by atoms with Crippen molar-refractivity contribution in [2.24, 2.45) is 0 Å². The number of ether oxygens (including phenoxy) is 3. The third kappa shape index (κ3) is 3.56. The van der Waals surface area contributed by atoms with E-state index in [1.807, 2.05) is 6.07 Å². The van der Waals surface area contributed by atoms with Crippen LogP contribution in [0.4, 0.5) is 4.39 Å². The van der Waals surface area contributed by atoms with Gasteiger partial charge in [-0.1, -0.05) is 6.07 Å². The summed E-state index contributed by atoms with van der Waals surface area (Å²) in [5.74, 6) is -0.783. The molecule has 2 atom stereocenters. The largest absolute Gasteiger partial charge is 0.508 e. The average Bonchev–Trinajstić information content (AvgIpc) is 2.76. The highest BCUT2D eigenvalue weighted by atomic mass is 19.1. The molecule has 0 radical (unpaired) electrons. The fourth-order valence-electron chi connectivity index (χ4n) is 4.11. The monoisotopic (exact) mass is 426 g/mol. The minimum absolute atomic E-state index is 0.112. The normalized spacial score (nSPS) is 17.5. The highest BCUT2D eigenvalue weighted by Gasteiger charge is 2.35. The number of hydrogen-bond acceptors (Lipinski definition) is 6. The predicted octanol–water partition coefficient (Wildman–Crippen LogP) is 4.58. The zero-order valence-electron chi connectivity index (χ0n) is 17.3. The standard InChI is InChI=1S/C24H23FO6/c1-12-6-15-20(10-19(12)27)31-11-16(23(15)13-4-5-18(26)17(25)7-13)14-8-21(29-2)24(28)22(9-14)30-3/h4-10,16,23,26-28H,11H2,1-3H3. The fourth-order valence-corrected chi connectivity index (χ4v) is 4.11. The molecule has 1 aliphatic rings. The number of aryl methyl sites for hydroxylation is 1. The number of phenols is 3. The Labute approximate surface area is 179 Å². The summed E-state index contributed by atoms with van der Waals surface area (Å²) in [4.78, 5) is 0. The molecule has 0 aliphatic carbocycles. The van der Waals surface area contributed by atoms with Crippen molar-refractivity contribution in [3.8, 4) is 34.5 Å². The molecule has 3 N–H and O–H groups in total. The lowest BCUT2D eigenvalue weighted by Gasteiger charge is -2.35. The second-order valence-electron chi connectivity index (χ2n) is 7.56. The van der Waals surface area contributed by atoms with Gasteiger partial charge in [-0.2, -0.15) is 0 Å². The summed E-state index contributed by atoms with van der Waals surface area (Å²) >= 11 is 0. The summed E-state index contributed by atoms with van der Waals surface area (Å²) in [5, 5.41) is 30.1. The first-order chi connectivity index (χ1) is 14.8. The molecule has 3 aromatic carbocycles. The van der Waals surface area contributed by atoms with Crippen LogP contribution in [-0.2, 0) is 0 Å². The van der Waals surface area contributed by atoms with Crippen LogP contribution in [0.1, 0.15) is 34.1 Å². The van der Waals surface area contributed by atoms with Crippen LogP contribution in [0.25, 0.3) is 0 Å². The van der Waals surface area contributed by atoms with E-state index in [0.29, 0.717) is 16.9 Å². The van der Waals surface area contributed by atoms with E-state index in [0.717, 1.165) is 11.1 Å². The molecule has 0 saturated heterocycles. The van der Waals surface area contributed by atoms with E-state index in [-0.39, 0.29) is 41.4 Å². The number of hydrogen-bond donors (Lipinski definition) is 3. The summed E-state index contributed by atoms with van der Waals surface area (Å²) in [6, 6.07) is 11.1. The van der Waals surface area contributed by atoms with E-state index >= 15 is 0 Å². The van der Waals surface area contributed by atoms with Crippen LogP contribution in [0.3, 0.4) is 0 Å². The van der Waals surface area contributed by atoms with Crippen molar-refractivity contribution in [3.63, 3.8) is 0 Å². The minimum Gasteiger partial charge on any atom is -0.508 e. The Balaban J connectivity index is 1.93. The molecule has 2 unspecified atom stereocenters. The van der Waals surface area contributed by atoms with Crippen molar-refractivity contribution in [1.29, 1.82) is 0 Å². The topological polar surface area (TPSA) is 88.4 Å². The van der Waals surface area contributed by atoms with Crippen LogP contribution in [0.2, 0.25) is 0 Å². The number of rotatable bonds is 4. The first kappa shape index (κ1) is 20.7. The van der Waals surface area contributed by atoms with Gasteiger partial charge in [-0.3, -0.25) is 0 Å². The molecular formula is C24H23FO6. The summed E-state index contributed by atoms with van der Waals surface area (Å²) < 4.78 is 30.8. The second kappa shape index (κ2) is 7.91. The first-order valence-corrected chi connectivity index (χ1v) is 9.73. The van der Waals surface area contributed by atoms with Crippen molar-refractivity contribution >= 4 is 0 Å². The number of methoxy groups -OCH3 is 2. The lowest BCUT2D eigenvalue weighted by molar-refractivity contribution is 0.246. The van der Waals surface area contributed by atoms with E-state index in [2.05, 4.69) is 0 Å². The summed E-state index contributed by atoms with van der Waals surface area (Å²) in [6.07, 6.45) is 0. The molecule has 162 valence electrons. The van der Waals surface area contributed by atoms with Gasteiger partial charge in [0.25, 0.3) is 0 Å². The summed E-state index contributed by atoms with van der Waals surface area (Å²) in [7, 11) is 2.90. The summed E-state index contributed by atoms with van der Waals surface area (Å²) in [6.45, 7) is 2.01. The molecule has 0 saturated carbocycles. The molecule has 0 spiro atoms.